The van der Waals surface area contributed by atoms with E-state index in [0.717, 1.165) is 4.44 Å². The van der Waals surface area contributed by atoms with Gasteiger partial charge in [0, 0.05) is 0 Å². The summed E-state index contributed by atoms with van der Waals surface area (Å²) in [6.07, 6.45) is 4.22. The topological polar surface area (TPSA) is 23.5 Å². The molecule has 0 aromatic rings. The molecule has 0 saturated carbocycles. The number of nitrogens with zero attached hydrogens (tertiary/aromatic N) is 1. The van der Waals surface area contributed by atoms with Gasteiger partial charge in [0.2, 0.25) is 0 Å². The van der Waals surface area contributed by atoms with Gasteiger partial charge in [-0.05, 0) is 0 Å². The summed E-state index contributed by atoms with van der Waals surface area (Å²) < 4.78 is 3.73. The van der Waals surface area contributed by atoms with Crippen LogP contribution in [0, 0.1) is 0 Å². The molecule has 0 atom stereocenters. The second-order valence-electron chi connectivity index (χ2n) is 2.68. The average Bonchev–Trinajstić information content (AvgIpc) is 2.03. The van der Waals surface area contributed by atoms with E-state index in [4.69, 9.17) is 5.11 Å². The summed E-state index contributed by atoms with van der Waals surface area (Å²) in [6.45, 7) is 3.07. The van der Waals surface area contributed by atoms with Crippen LogP contribution in [0.15, 0.2) is 0 Å². The first kappa shape index (κ1) is 8.81. The maximum atomic E-state index is 8.61. The normalized spacial score (nSPS) is 21.3. The van der Waals surface area contributed by atoms with Crippen LogP contribution < -0.4 is 0 Å². The summed E-state index contributed by atoms with van der Waals surface area (Å²) in [7, 11) is 0. The first-order valence-electron chi connectivity index (χ1n) is 4.03. The van der Waals surface area contributed by atoms with Gasteiger partial charge in [-0.15, -0.1) is 0 Å². The molecule has 1 aliphatic rings. The van der Waals surface area contributed by atoms with Crippen molar-refractivity contribution in [1.29, 1.82) is 0 Å². The first-order valence-corrected chi connectivity index (χ1v) is 7.32. The maximum absolute atomic E-state index is 8.61. The summed E-state index contributed by atoms with van der Waals surface area (Å²) in [5, 5.41) is 8.61. The third-order valence-corrected chi connectivity index (χ3v) is 5.63. The molecule has 1 fully saturated rings. The predicted octanol–water partition coefficient (Wildman–Crippen LogP) is 0.502. The van der Waals surface area contributed by atoms with Crippen LogP contribution in [-0.4, -0.2) is 49.3 Å². The standard InChI is InChI=1S/C5H10N.C2H5O.Sn/c1-2-4-6-5-3-1;1-2-3;/h1-5H2;3H,1-2H2;/q-1;;+1. The third kappa shape index (κ3) is 3.21. The summed E-state index contributed by atoms with van der Waals surface area (Å²) in [5.74, 6) is 0. The molecule has 1 saturated heterocycles. The van der Waals surface area contributed by atoms with Crippen LogP contribution >= 0.6 is 0 Å². The van der Waals surface area contributed by atoms with Crippen LogP contribution in [0.5, 0.6) is 0 Å². The zero-order valence-electron chi connectivity index (χ0n) is 6.34. The Kier molecular flexibility index (Phi) is 4.74. The van der Waals surface area contributed by atoms with Crippen molar-refractivity contribution in [3.05, 3.63) is 0 Å². The Morgan fingerprint density at radius 3 is 2.50 bits per heavy atom. The minimum absolute atomic E-state index is 0.308. The van der Waals surface area contributed by atoms with Gasteiger partial charge in [0.15, 0.2) is 0 Å². The van der Waals surface area contributed by atoms with Gasteiger partial charge < -0.3 is 0 Å². The van der Waals surface area contributed by atoms with E-state index in [0.29, 0.717) is 6.61 Å². The Hall–Kier alpha value is 0.719. The van der Waals surface area contributed by atoms with Crippen molar-refractivity contribution in [2.24, 2.45) is 0 Å². The monoisotopic (exact) mass is 249 g/mol. The summed E-state index contributed by atoms with van der Waals surface area (Å²) in [6, 6.07) is 0. The fraction of sp³-hybridized carbons (Fsp3) is 1.00. The van der Waals surface area contributed by atoms with Crippen molar-refractivity contribution in [3.63, 3.8) is 0 Å². The molecule has 0 aliphatic carbocycles. The van der Waals surface area contributed by atoms with E-state index in [1.54, 1.807) is 0 Å². The van der Waals surface area contributed by atoms with E-state index in [-0.39, 0.29) is 21.4 Å². The third-order valence-electron chi connectivity index (χ3n) is 1.80. The molecular formula is C7H15NOSn. The molecule has 0 unspecified atom stereocenters. The zero-order valence-corrected chi connectivity index (χ0v) is 9.20. The average molecular weight is 248 g/mol. The van der Waals surface area contributed by atoms with E-state index in [2.05, 4.69) is 3.12 Å². The van der Waals surface area contributed by atoms with E-state index in [1.807, 2.05) is 0 Å². The van der Waals surface area contributed by atoms with Crippen LogP contribution in [0.25, 0.3) is 0 Å². The number of hydrogen-bond donors (Lipinski definition) is 1. The number of hydrogen-bond acceptors (Lipinski definition) is 2. The Morgan fingerprint density at radius 2 is 1.90 bits per heavy atom. The van der Waals surface area contributed by atoms with Crippen molar-refractivity contribution < 1.29 is 5.11 Å². The van der Waals surface area contributed by atoms with Crippen molar-refractivity contribution in [2.75, 3.05) is 19.7 Å². The molecule has 1 N–H and O–H groups in total. The van der Waals surface area contributed by atoms with Gasteiger partial charge in [-0.25, -0.2) is 0 Å². The van der Waals surface area contributed by atoms with Crippen molar-refractivity contribution >= 4 is 21.4 Å². The molecule has 0 aromatic heterocycles. The van der Waals surface area contributed by atoms with Gasteiger partial charge in [-0.2, -0.15) is 0 Å². The molecule has 0 aromatic carbocycles. The van der Waals surface area contributed by atoms with E-state index >= 15 is 0 Å². The van der Waals surface area contributed by atoms with Crippen LogP contribution in [-0.2, 0) is 0 Å². The fourth-order valence-electron chi connectivity index (χ4n) is 1.26. The van der Waals surface area contributed by atoms with Crippen molar-refractivity contribution in [2.45, 2.75) is 23.7 Å². The summed E-state index contributed by atoms with van der Waals surface area (Å²) >= 11 is -0.308. The molecule has 0 bridgehead atoms. The van der Waals surface area contributed by atoms with Gasteiger partial charge in [0.25, 0.3) is 0 Å². The second kappa shape index (κ2) is 5.38. The molecule has 1 aliphatic heterocycles. The van der Waals surface area contributed by atoms with Crippen molar-refractivity contribution in [1.82, 2.24) is 3.12 Å². The zero-order chi connectivity index (χ0) is 7.23. The Bertz CT molecular complexity index is 83.7. The molecule has 2 radical (unpaired) electrons. The van der Waals surface area contributed by atoms with E-state index in [9.17, 15) is 0 Å². The molecule has 0 amide bonds. The van der Waals surface area contributed by atoms with E-state index < -0.39 is 0 Å². The Balaban J connectivity index is 2.02. The Labute approximate surface area is 73.2 Å². The van der Waals surface area contributed by atoms with Gasteiger partial charge >= 0.3 is 73.0 Å². The molecule has 3 heteroatoms. The quantitative estimate of drug-likeness (QED) is 0.735. The van der Waals surface area contributed by atoms with Crippen LogP contribution in [0.3, 0.4) is 0 Å². The Morgan fingerprint density at radius 1 is 1.20 bits per heavy atom. The number of rotatable bonds is 3. The van der Waals surface area contributed by atoms with Gasteiger partial charge in [0.1, 0.15) is 0 Å². The van der Waals surface area contributed by atoms with E-state index in [1.165, 1.54) is 32.4 Å². The fourth-order valence-corrected chi connectivity index (χ4v) is 4.25. The molecule has 2 nitrogen and oxygen atoms in total. The SMILES string of the molecule is OC[CH2][Sn][N]1CCCCC1. The van der Waals surface area contributed by atoms with Crippen LogP contribution in [0.4, 0.5) is 0 Å². The molecular weight excluding hydrogens is 233 g/mol. The summed E-state index contributed by atoms with van der Waals surface area (Å²) in [5.41, 5.74) is 0. The predicted molar refractivity (Wildman–Crippen MR) is 43.1 cm³/mol. The van der Waals surface area contributed by atoms with Gasteiger partial charge in [0.05, 0.1) is 0 Å². The molecule has 58 valence electrons. The number of aliphatic hydroxyl groups is 1. The van der Waals surface area contributed by atoms with Gasteiger partial charge in [-0.3, -0.25) is 0 Å². The first-order chi connectivity index (χ1) is 4.93. The second-order valence-corrected chi connectivity index (χ2v) is 6.81. The number of piperidine rings is 1. The van der Waals surface area contributed by atoms with Gasteiger partial charge in [-0.1, -0.05) is 0 Å². The van der Waals surface area contributed by atoms with Crippen LogP contribution in [0.2, 0.25) is 4.44 Å². The summed E-state index contributed by atoms with van der Waals surface area (Å²) in [4.78, 5) is 0. The van der Waals surface area contributed by atoms with Crippen molar-refractivity contribution in [3.8, 4) is 0 Å². The number of aliphatic hydroxyl groups excluding tert-OH is 1. The van der Waals surface area contributed by atoms with Crippen LogP contribution in [0.1, 0.15) is 19.3 Å². The molecule has 10 heavy (non-hydrogen) atoms. The molecule has 0 spiro atoms. The minimum atomic E-state index is -0.308. The molecule has 1 rings (SSSR count). The molecule has 1 heterocycles.